The maximum absolute atomic E-state index is 6.32. The largest absolute Gasteiger partial charge is 0.457 e. The Hall–Kier alpha value is -1.30. The van der Waals surface area contributed by atoms with Gasteiger partial charge in [-0.25, -0.2) is 0 Å². The van der Waals surface area contributed by atoms with E-state index in [0.717, 1.165) is 46.9 Å². The van der Waals surface area contributed by atoms with E-state index in [9.17, 15) is 0 Å². The molecule has 0 amide bonds. The first-order chi connectivity index (χ1) is 17.9. The molecule has 0 unspecified atom stereocenters. The highest BCUT2D eigenvalue weighted by atomic mass is 127. The van der Waals surface area contributed by atoms with Crippen molar-refractivity contribution < 1.29 is 4.74 Å². The molecule has 2 aromatic heterocycles. The first-order valence-corrected chi connectivity index (χ1v) is 19.0. The molecule has 7 heteroatoms. The lowest BCUT2D eigenvalue weighted by Gasteiger charge is -2.13. The summed E-state index contributed by atoms with van der Waals surface area (Å²) in [5.41, 5.74) is 6.73. The van der Waals surface area contributed by atoms with Gasteiger partial charge in [0, 0.05) is 75.7 Å². The number of pyridine rings is 2. The van der Waals surface area contributed by atoms with Crippen molar-refractivity contribution in [2.75, 3.05) is 0 Å². The standard InChI is InChI=1S/C30H30I2N2OS2/c1-19(2)11-23-15-27(33-17-29(23)36-31)21-7-5-9-25(13-21)35-26-10-6-8-22(14-26)28-16-24(12-20(3)4)30(37-32)18-34-28/h5-10,13-20H,11-12H2,1-4H3. The Kier molecular flexibility index (Phi) is 10.6. The average Bonchev–Trinajstić information content (AvgIpc) is 2.88. The van der Waals surface area contributed by atoms with Crippen LogP contribution >= 0.6 is 60.3 Å². The third-order valence-corrected chi connectivity index (χ3v) is 9.73. The molecule has 2 aromatic carbocycles. The van der Waals surface area contributed by atoms with E-state index in [-0.39, 0.29) is 0 Å². The van der Waals surface area contributed by atoms with Crippen molar-refractivity contribution in [2.45, 2.75) is 50.3 Å². The highest BCUT2D eigenvalue weighted by Gasteiger charge is 2.12. The van der Waals surface area contributed by atoms with Gasteiger partial charge in [0.05, 0.1) is 11.4 Å². The van der Waals surface area contributed by atoms with E-state index in [4.69, 9.17) is 14.7 Å². The summed E-state index contributed by atoms with van der Waals surface area (Å²) in [4.78, 5) is 11.9. The summed E-state index contributed by atoms with van der Waals surface area (Å²) in [6.45, 7) is 9.01. The monoisotopic (exact) mass is 752 g/mol. The first kappa shape index (κ1) is 28.7. The summed E-state index contributed by atoms with van der Waals surface area (Å²) in [6, 6.07) is 20.8. The number of ether oxygens (including phenoxy) is 1. The number of benzene rings is 2. The van der Waals surface area contributed by atoms with Gasteiger partial charge in [-0.1, -0.05) is 69.8 Å². The van der Waals surface area contributed by atoms with Crippen molar-refractivity contribution >= 4 is 60.3 Å². The van der Waals surface area contributed by atoms with Crippen molar-refractivity contribution in [3.05, 3.63) is 84.2 Å². The lowest BCUT2D eigenvalue weighted by molar-refractivity contribution is 0.483. The fourth-order valence-electron chi connectivity index (χ4n) is 4.20. The van der Waals surface area contributed by atoms with Crippen LogP contribution in [0.2, 0.25) is 0 Å². The van der Waals surface area contributed by atoms with E-state index in [1.54, 1.807) is 17.9 Å². The van der Waals surface area contributed by atoms with Crippen molar-refractivity contribution in [3.63, 3.8) is 0 Å². The van der Waals surface area contributed by atoms with Crippen LogP contribution in [0.5, 0.6) is 11.5 Å². The van der Waals surface area contributed by atoms with Crippen LogP contribution in [0.25, 0.3) is 22.5 Å². The summed E-state index contributed by atoms with van der Waals surface area (Å²) in [7, 11) is 3.45. The van der Waals surface area contributed by atoms with Gasteiger partial charge in [-0.2, -0.15) is 0 Å². The first-order valence-electron chi connectivity index (χ1n) is 12.3. The van der Waals surface area contributed by atoms with Gasteiger partial charge in [-0.15, -0.1) is 0 Å². The molecule has 0 saturated carbocycles. The van der Waals surface area contributed by atoms with Gasteiger partial charge < -0.3 is 4.74 Å². The molecular formula is C30H30I2N2OS2. The number of hydrogen-bond donors (Lipinski definition) is 0. The highest BCUT2D eigenvalue weighted by Crippen LogP contribution is 2.35. The molecule has 2 heterocycles. The Balaban J connectivity index is 1.59. The number of hydrogen-bond acceptors (Lipinski definition) is 5. The summed E-state index contributed by atoms with van der Waals surface area (Å²) in [5.74, 6) is 2.76. The quantitative estimate of drug-likeness (QED) is 0.151. The molecule has 4 aromatic rings. The Morgan fingerprint density at radius 1 is 0.676 bits per heavy atom. The van der Waals surface area contributed by atoms with Gasteiger partial charge in [0.25, 0.3) is 0 Å². The topological polar surface area (TPSA) is 35.0 Å². The average molecular weight is 753 g/mol. The van der Waals surface area contributed by atoms with E-state index >= 15 is 0 Å². The highest BCUT2D eigenvalue weighted by molar-refractivity contribution is 14.2. The SMILES string of the molecule is CC(C)Cc1cc(-c2cccc(Oc3cccc(-c4cc(CC(C)C)c(SI)cn4)c3)c2)ncc1SI. The maximum Gasteiger partial charge on any atom is 0.128 e. The number of nitrogens with zero attached hydrogens (tertiary/aromatic N) is 2. The zero-order chi connectivity index (χ0) is 26.4. The predicted octanol–water partition coefficient (Wildman–Crippen LogP) is 10.9. The van der Waals surface area contributed by atoms with Gasteiger partial charge >= 0.3 is 0 Å². The minimum Gasteiger partial charge on any atom is -0.457 e. The van der Waals surface area contributed by atoms with Crippen LogP contribution in [0, 0.1) is 11.8 Å². The lowest BCUT2D eigenvalue weighted by atomic mass is 10.0. The number of rotatable bonds is 10. The van der Waals surface area contributed by atoms with Gasteiger partial charge in [-0.05, 0) is 72.2 Å². The number of aromatic nitrogens is 2. The Morgan fingerprint density at radius 3 is 1.49 bits per heavy atom. The summed E-state index contributed by atoms with van der Waals surface area (Å²) in [5, 5.41) is 0. The minimum absolute atomic E-state index is 0.590. The molecule has 0 spiro atoms. The van der Waals surface area contributed by atoms with Crippen LogP contribution < -0.4 is 4.74 Å². The Morgan fingerprint density at radius 2 is 1.11 bits per heavy atom. The zero-order valence-corrected chi connectivity index (χ0v) is 27.3. The Bertz CT molecular complexity index is 1260. The molecule has 0 aliphatic heterocycles. The van der Waals surface area contributed by atoms with Crippen LogP contribution in [0.1, 0.15) is 38.8 Å². The smallest absolute Gasteiger partial charge is 0.128 e. The maximum atomic E-state index is 6.32. The van der Waals surface area contributed by atoms with E-state index < -0.39 is 0 Å². The molecule has 0 saturated heterocycles. The molecule has 0 N–H and O–H groups in total. The molecular weight excluding hydrogens is 722 g/mol. The second-order valence-corrected chi connectivity index (χ2v) is 13.7. The summed E-state index contributed by atoms with van der Waals surface area (Å²) >= 11 is 4.67. The summed E-state index contributed by atoms with van der Waals surface area (Å²) in [6.07, 6.45) is 6.05. The van der Waals surface area contributed by atoms with E-state index in [0.29, 0.717) is 11.8 Å². The molecule has 4 rings (SSSR count). The fourth-order valence-corrected chi connectivity index (χ4v) is 7.24. The van der Waals surface area contributed by atoms with E-state index in [2.05, 4.69) is 107 Å². The van der Waals surface area contributed by atoms with Crippen LogP contribution in [0.4, 0.5) is 0 Å². The predicted molar refractivity (Wildman–Crippen MR) is 176 cm³/mol. The second kappa shape index (κ2) is 13.7. The van der Waals surface area contributed by atoms with Gasteiger partial charge in [0.1, 0.15) is 11.5 Å². The van der Waals surface area contributed by atoms with Crippen molar-refractivity contribution in [1.29, 1.82) is 0 Å². The molecule has 0 radical (unpaired) electrons. The minimum atomic E-state index is 0.590. The number of halogens is 2. The fraction of sp³-hybridized carbons (Fsp3) is 0.267. The van der Waals surface area contributed by atoms with Crippen LogP contribution in [-0.2, 0) is 12.8 Å². The van der Waals surface area contributed by atoms with Gasteiger partial charge in [0.2, 0.25) is 0 Å². The van der Waals surface area contributed by atoms with Crippen LogP contribution in [-0.4, -0.2) is 9.97 Å². The molecule has 0 atom stereocenters. The third-order valence-electron chi connectivity index (χ3n) is 5.81. The van der Waals surface area contributed by atoms with Crippen molar-refractivity contribution in [2.24, 2.45) is 11.8 Å². The molecule has 0 aliphatic carbocycles. The molecule has 0 bridgehead atoms. The molecule has 37 heavy (non-hydrogen) atoms. The normalized spacial score (nSPS) is 11.4. The molecule has 3 nitrogen and oxygen atoms in total. The van der Waals surface area contributed by atoms with E-state index in [1.807, 2.05) is 36.7 Å². The Labute approximate surface area is 253 Å². The zero-order valence-electron chi connectivity index (χ0n) is 21.4. The second-order valence-electron chi connectivity index (χ2n) is 9.86. The summed E-state index contributed by atoms with van der Waals surface area (Å²) < 4.78 is 6.32. The lowest BCUT2D eigenvalue weighted by Crippen LogP contribution is -1.98. The molecule has 0 fully saturated rings. The third kappa shape index (κ3) is 7.86. The molecule has 0 aliphatic rings. The van der Waals surface area contributed by atoms with Crippen molar-refractivity contribution in [1.82, 2.24) is 9.97 Å². The van der Waals surface area contributed by atoms with Crippen LogP contribution in [0.3, 0.4) is 0 Å². The van der Waals surface area contributed by atoms with Gasteiger partial charge in [0.15, 0.2) is 0 Å². The van der Waals surface area contributed by atoms with E-state index in [1.165, 1.54) is 20.9 Å². The van der Waals surface area contributed by atoms with Gasteiger partial charge in [-0.3, -0.25) is 9.97 Å². The van der Waals surface area contributed by atoms with Crippen molar-refractivity contribution in [3.8, 4) is 34.0 Å². The molecule has 192 valence electrons. The van der Waals surface area contributed by atoms with Crippen LogP contribution in [0.15, 0.2) is 82.8 Å².